The topological polar surface area (TPSA) is 66.9 Å². The zero-order valence-electron chi connectivity index (χ0n) is 10.6. The SMILES string of the molecule is O=C(NC1CC1)c1ccc(Nc2ccc(F)cc2)nn1. The molecular weight excluding hydrogens is 259 g/mol. The van der Waals surface area contributed by atoms with Crippen molar-refractivity contribution in [1.82, 2.24) is 15.5 Å². The number of hydrogen-bond donors (Lipinski definition) is 2. The monoisotopic (exact) mass is 272 g/mol. The van der Waals surface area contributed by atoms with Gasteiger partial charge in [-0.1, -0.05) is 0 Å². The Morgan fingerprint density at radius 2 is 1.85 bits per heavy atom. The minimum atomic E-state index is -0.297. The van der Waals surface area contributed by atoms with E-state index in [1.54, 1.807) is 24.3 Å². The van der Waals surface area contributed by atoms with Crippen LogP contribution in [0.1, 0.15) is 23.3 Å². The highest BCUT2D eigenvalue weighted by Gasteiger charge is 2.24. The van der Waals surface area contributed by atoms with E-state index in [2.05, 4.69) is 20.8 Å². The summed E-state index contributed by atoms with van der Waals surface area (Å²) in [6, 6.07) is 9.48. The van der Waals surface area contributed by atoms with Crippen LogP contribution in [0.3, 0.4) is 0 Å². The van der Waals surface area contributed by atoms with Crippen molar-refractivity contribution in [2.24, 2.45) is 0 Å². The molecule has 0 atom stereocenters. The van der Waals surface area contributed by atoms with E-state index in [4.69, 9.17) is 0 Å². The highest BCUT2D eigenvalue weighted by Crippen LogP contribution is 2.19. The Balaban J connectivity index is 1.66. The lowest BCUT2D eigenvalue weighted by Gasteiger charge is -2.05. The van der Waals surface area contributed by atoms with Gasteiger partial charge in [0.25, 0.3) is 5.91 Å². The van der Waals surface area contributed by atoms with Gasteiger partial charge in [0.15, 0.2) is 11.5 Å². The molecule has 1 aromatic heterocycles. The average Bonchev–Trinajstić information content (AvgIpc) is 3.26. The number of amides is 1. The molecule has 20 heavy (non-hydrogen) atoms. The van der Waals surface area contributed by atoms with E-state index in [9.17, 15) is 9.18 Å². The van der Waals surface area contributed by atoms with E-state index in [-0.39, 0.29) is 11.7 Å². The second kappa shape index (κ2) is 5.24. The number of aromatic nitrogens is 2. The first-order valence-electron chi connectivity index (χ1n) is 6.38. The van der Waals surface area contributed by atoms with Gasteiger partial charge in [-0.25, -0.2) is 4.39 Å². The van der Waals surface area contributed by atoms with E-state index < -0.39 is 0 Å². The molecule has 0 unspecified atom stereocenters. The lowest BCUT2D eigenvalue weighted by molar-refractivity contribution is 0.0945. The van der Waals surface area contributed by atoms with Gasteiger partial charge in [0.05, 0.1) is 0 Å². The second-order valence-corrected chi connectivity index (χ2v) is 4.68. The summed E-state index contributed by atoms with van der Waals surface area (Å²) in [5.41, 5.74) is 0.998. The van der Waals surface area contributed by atoms with Gasteiger partial charge >= 0.3 is 0 Å². The quantitative estimate of drug-likeness (QED) is 0.895. The van der Waals surface area contributed by atoms with Crippen molar-refractivity contribution in [2.45, 2.75) is 18.9 Å². The number of rotatable bonds is 4. The molecule has 102 valence electrons. The van der Waals surface area contributed by atoms with Crippen molar-refractivity contribution in [3.05, 3.63) is 47.9 Å². The van der Waals surface area contributed by atoms with Gasteiger partial charge in [0.1, 0.15) is 5.82 Å². The lowest BCUT2D eigenvalue weighted by Crippen LogP contribution is -2.26. The van der Waals surface area contributed by atoms with Gasteiger partial charge in [-0.15, -0.1) is 10.2 Å². The Labute approximate surface area is 115 Å². The average molecular weight is 272 g/mol. The third kappa shape index (κ3) is 3.09. The van der Waals surface area contributed by atoms with Crippen LogP contribution in [0.5, 0.6) is 0 Å². The van der Waals surface area contributed by atoms with Gasteiger partial charge in [-0.05, 0) is 49.2 Å². The molecule has 0 radical (unpaired) electrons. The zero-order valence-corrected chi connectivity index (χ0v) is 10.6. The number of carbonyl (C=O) groups excluding carboxylic acids is 1. The number of nitrogens with zero attached hydrogens (tertiary/aromatic N) is 2. The molecule has 1 aromatic carbocycles. The summed E-state index contributed by atoms with van der Waals surface area (Å²) in [6.45, 7) is 0. The van der Waals surface area contributed by atoms with Crippen LogP contribution < -0.4 is 10.6 Å². The summed E-state index contributed by atoms with van der Waals surface area (Å²) in [5.74, 6) is 0.00152. The van der Waals surface area contributed by atoms with Crippen LogP contribution in [0.15, 0.2) is 36.4 Å². The highest BCUT2D eigenvalue weighted by molar-refractivity contribution is 5.92. The molecule has 3 rings (SSSR count). The molecular formula is C14H13FN4O. The largest absolute Gasteiger partial charge is 0.348 e. The van der Waals surface area contributed by atoms with Gasteiger partial charge in [-0.2, -0.15) is 0 Å². The van der Waals surface area contributed by atoms with Crippen LogP contribution in [-0.2, 0) is 0 Å². The lowest BCUT2D eigenvalue weighted by atomic mass is 10.3. The number of carbonyl (C=O) groups is 1. The predicted molar refractivity (Wildman–Crippen MR) is 72.2 cm³/mol. The fourth-order valence-electron chi connectivity index (χ4n) is 1.69. The second-order valence-electron chi connectivity index (χ2n) is 4.68. The third-order valence-electron chi connectivity index (χ3n) is 2.93. The first-order valence-corrected chi connectivity index (χ1v) is 6.38. The van der Waals surface area contributed by atoms with Gasteiger partial charge in [-0.3, -0.25) is 4.79 Å². The minimum Gasteiger partial charge on any atom is -0.348 e. The normalized spacial score (nSPS) is 13.8. The Hall–Kier alpha value is -2.50. The molecule has 0 bridgehead atoms. The molecule has 2 N–H and O–H groups in total. The summed E-state index contributed by atoms with van der Waals surface area (Å²) >= 11 is 0. The van der Waals surface area contributed by atoms with Crippen molar-refractivity contribution < 1.29 is 9.18 Å². The maximum Gasteiger partial charge on any atom is 0.272 e. The van der Waals surface area contributed by atoms with E-state index >= 15 is 0 Å². The molecule has 6 heteroatoms. The van der Waals surface area contributed by atoms with Crippen LogP contribution >= 0.6 is 0 Å². The van der Waals surface area contributed by atoms with Gasteiger partial charge in [0.2, 0.25) is 0 Å². The molecule has 0 spiro atoms. The Morgan fingerprint density at radius 3 is 2.45 bits per heavy atom. The van der Waals surface area contributed by atoms with E-state index in [0.717, 1.165) is 12.8 Å². The van der Waals surface area contributed by atoms with Crippen LogP contribution in [0.25, 0.3) is 0 Å². The zero-order chi connectivity index (χ0) is 13.9. The van der Waals surface area contributed by atoms with Gasteiger partial charge in [0, 0.05) is 11.7 Å². The molecule has 5 nitrogen and oxygen atoms in total. The summed E-state index contributed by atoms with van der Waals surface area (Å²) in [6.07, 6.45) is 2.06. The number of benzene rings is 1. The standard InChI is InChI=1S/C14H13FN4O/c15-9-1-3-10(4-2-9)16-13-8-7-12(18-19-13)14(20)17-11-5-6-11/h1-4,7-8,11H,5-6H2,(H,16,19)(H,17,20). The Kier molecular flexibility index (Phi) is 3.28. The van der Waals surface area contributed by atoms with Crippen LogP contribution in [-0.4, -0.2) is 22.1 Å². The molecule has 0 aliphatic heterocycles. The number of anilines is 2. The van der Waals surface area contributed by atoms with Crippen molar-refractivity contribution in [3.8, 4) is 0 Å². The predicted octanol–water partition coefficient (Wildman–Crippen LogP) is 2.25. The van der Waals surface area contributed by atoms with Crippen LogP contribution in [0.4, 0.5) is 15.9 Å². The first-order chi connectivity index (χ1) is 9.70. The van der Waals surface area contributed by atoms with E-state index in [1.165, 1.54) is 12.1 Å². The molecule has 0 saturated heterocycles. The molecule has 1 fully saturated rings. The Bertz CT molecular complexity index is 608. The summed E-state index contributed by atoms with van der Waals surface area (Å²) in [5, 5.41) is 13.6. The number of nitrogens with one attached hydrogen (secondary N) is 2. The minimum absolute atomic E-state index is 0.201. The van der Waals surface area contributed by atoms with Crippen molar-refractivity contribution in [1.29, 1.82) is 0 Å². The third-order valence-corrected chi connectivity index (χ3v) is 2.93. The summed E-state index contributed by atoms with van der Waals surface area (Å²) in [4.78, 5) is 11.7. The number of halogens is 1. The first kappa shape index (κ1) is 12.5. The van der Waals surface area contributed by atoms with E-state index in [1.807, 2.05) is 0 Å². The fourth-order valence-corrected chi connectivity index (χ4v) is 1.69. The maximum absolute atomic E-state index is 12.8. The summed E-state index contributed by atoms with van der Waals surface area (Å²) < 4.78 is 12.8. The molecule has 1 aliphatic rings. The Morgan fingerprint density at radius 1 is 1.10 bits per heavy atom. The highest BCUT2D eigenvalue weighted by atomic mass is 19.1. The van der Waals surface area contributed by atoms with Crippen molar-refractivity contribution in [2.75, 3.05) is 5.32 Å². The number of hydrogen-bond acceptors (Lipinski definition) is 4. The molecule has 1 amide bonds. The van der Waals surface area contributed by atoms with Crippen LogP contribution in [0, 0.1) is 5.82 Å². The van der Waals surface area contributed by atoms with Gasteiger partial charge < -0.3 is 10.6 Å². The fraction of sp³-hybridized carbons (Fsp3) is 0.214. The van der Waals surface area contributed by atoms with Crippen molar-refractivity contribution >= 4 is 17.4 Å². The smallest absolute Gasteiger partial charge is 0.272 e. The van der Waals surface area contributed by atoms with Crippen LogP contribution in [0.2, 0.25) is 0 Å². The molecule has 1 heterocycles. The summed E-state index contributed by atoms with van der Waals surface area (Å²) in [7, 11) is 0. The molecule has 2 aromatic rings. The molecule has 1 aliphatic carbocycles. The molecule has 1 saturated carbocycles. The van der Waals surface area contributed by atoms with E-state index in [0.29, 0.717) is 23.2 Å². The maximum atomic E-state index is 12.8. The van der Waals surface area contributed by atoms with Crippen molar-refractivity contribution in [3.63, 3.8) is 0 Å².